The van der Waals surface area contributed by atoms with E-state index in [-0.39, 0.29) is 0 Å². The van der Waals surface area contributed by atoms with Crippen LogP contribution in [0.1, 0.15) is 39.9 Å². The largest absolute Gasteiger partial charge is 0.398 e. The molecule has 0 saturated heterocycles. The van der Waals surface area contributed by atoms with Crippen LogP contribution in [0.15, 0.2) is 30.5 Å². The molecule has 0 unspecified atom stereocenters. The average Bonchev–Trinajstić information content (AvgIpc) is 2.67. The molecule has 6 nitrogen and oxygen atoms in total. The zero-order chi connectivity index (χ0) is 18.3. The van der Waals surface area contributed by atoms with Crippen molar-refractivity contribution in [3.8, 4) is 11.4 Å². The zero-order valence-corrected chi connectivity index (χ0v) is 14.2. The molecule has 1 aliphatic carbocycles. The number of benzene rings is 1. The maximum Gasteiger partial charge on any atom is 0.250 e. The first-order valence-electron chi connectivity index (χ1n) is 8.60. The van der Waals surface area contributed by atoms with Gasteiger partial charge in [-0.05, 0) is 61.1 Å². The standard InChI is InChI=1S/C20H19N5O/c21-9-14-15(22)6-8-16-18(14)12-3-1-2-4-13(12)19(25-16)17-7-5-11(10-24-17)20(23)26/h5-10,21H,1-4,22H2,(H2,23,26). The molecular weight excluding hydrogens is 326 g/mol. The van der Waals surface area contributed by atoms with E-state index >= 15 is 0 Å². The molecule has 6 heteroatoms. The van der Waals surface area contributed by atoms with Crippen LogP contribution >= 0.6 is 0 Å². The van der Waals surface area contributed by atoms with Crippen LogP contribution in [0.4, 0.5) is 5.69 Å². The van der Waals surface area contributed by atoms with Crippen LogP contribution in [0.5, 0.6) is 0 Å². The van der Waals surface area contributed by atoms with Gasteiger partial charge in [0.25, 0.3) is 0 Å². The number of nitrogens with two attached hydrogens (primary N) is 2. The Balaban J connectivity index is 2.00. The Hall–Kier alpha value is -3.28. The third kappa shape index (κ3) is 2.50. The summed E-state index contributed by atoms with van der Waals surface area (Å²) < 4.78 is 0. The molecule has 1 amide bonds. The van der Waals surface area contributed by atoms with Crippen molar-refractivity contribution in [3.63, 3.8) is 0 Å². The van der Waals surface area contributed by atoms with Crippen molar-refractivity contribution in [2.75, 3.05) is 5.73 Å². The lowest BCUT2D eigenvalue weighted by atomic mass is 9.85. The molecule has 1 aromatic carbocycles. The van der Waals surface area contributed by atoms with Crippen LogP contribution in [-0.4, -0.2) is 22.1 Å². The van der Waals surface area contributed by atoms with Gasteiger partial charge in [-0.1, -0.05) is 0 Å². The number of hydrogen-bond acceptors (Lipinski definition) is 5. The summed E-state index contributed by atoms with van der Waals surface area (Å²) in [4.78, 5) is 20.6. The number of aromatic nitrogens is 2. The molecule has 0 fully saturated rings. The molecule has 0 aliphatic heterocycles. The van der Waals surface area contributed by atoms with Crippen LogP contribution in [-0.2, 0) is 12.8 Å². The minimum Gasteiger partial charge on any atom is -0.398 e. The van der Waals surface area contributed by atoms with E-state index in [1.807, 2.05) is 6.07 Å². The van der Waals surface area contributed by atoms with Gasteiger partial charge in [-0.2, -0.15) is 0 Å². The molecule has 4 rings (SSSR count). The van der Waals surface area contributed by atoms with Gasteiger partial charge in [0, 0.05) is 29.0 Å². The number of carbonyl (C=O) groups is 1. The maximum absolute atomic E-state index is 11.3. The molecular formula is C20H19N5O. The van der Waals surface area contributed by atoms with Crippen LogP contribution in [0.25, 0.3) is 22.3 Å². The second-order valence-electron chi connectivity index (χ2n) is 6.53. The minimum atomic E-state index is -0.497. The van der Waals surface area contributed by atoms with Crippen molar-refractivity contribution >= 4 is 28.7 Å². The minimum absolute atomic E-state index is 0.377. The molecule has 5 N–H and O–H groups in total. The smallest absolute Gasteiger partial charge is 0.250 e. The molecule has 26 heavy (non-hydrogen) atoms. The Labute approximate surface area is 150 Å². The van der Waals surface area contributed by atoms with Crippen molar-refractivity contribution < 1.29 is 4.79 Å². The highest BCUT2D eigenvalue weighted by molar-refractivity contribution is 6.05. The van der Waals surface area contributed by atoms with Crippen molar-refractivity contribution in [2.24, 2.45) is 5.73 Å². The summed E-state index contributed by atoms with van der Waals surface area (Å²) in [6.07, 6.45) is 6.85. The van der Waals surface area contributed by atoms with Gasteiger partial charge in [0.1, 0.15) is 0 Å². The summed E-state index contributed by atoms with van der Waals surface area (Å²) in [6.45, 7) is 0. The van der Waals surface area contributed by atoms with E-state index in [1.54, 1.807) is 18.2 Å². The normalized spacial score (nSPS) is 13.4. The van der Waals surface area contributed by atoms with Gasteiger partial charge in [0.05, 0.1) is 22.5 Å². The summed E-state index contributed by atoms with van der Waals surface area (Å²) in [5.74, 6) is -0.497. The summed E-state index contributed by atoms with van der Waals surface area (Å²) >= 11 is 0. The molecule has 130 valence electrons. The Morgan fingerprint density at radius 1 is 1.12 bits per heavy atom. The summed E-state index contributed by atoms with van der Waals surface area (Å²) in [5.41, 5.74) is 17.9. The Kier molecular flexibility index (Phi) is 3.88. The predicted molar refractivity (Wildman–Crippen MR) is 102 cm³/mol. The summed E-state index contributed by atoms with van der Waals surface area (Å²) in [6, 6.07) is 7.15. The molecule has 0 saturated carbocycles. The van der Waals surface area contributed by atoms with E-state index in [0.29, 0.717) is 11.3 Å². The van der Waals surface area contributed by atoms with Crippen LogP contribution < -0.4 is 11.5 Å². The fourth-order valence-corrected chi connectivity index (χ4v) is 3.71. The number of amides is 1. The van der Waals surface area contributed by atoms with Gasteiger partial charge < -0.3 is 16.9 Å². The molecule has 0 atom stereocenters. The molecule has 1 aliphatic rings. The second kappa shape index (κ2) is 6.22. The molecule has 2 aromatic heterocycles. The van der Waals surface area contributed by atoms with Crippen molar-refractivity contribution in [1.29, 1.82) is 5.41 Å². The van der Waals surface area contributed by atoms with E-state index in [2.05, 4.69) is 4.98 Å². The summed E-state index contributed by atoms with van der Waals surface area (Å²) in [5, 5.41) is 8.76. The lowest BCUT2D eigenvalue weighted by Gasteiger charge is -2.22. The van der Waals surface area contributed by atoms with Crippen molar-refractivity contribution in [1.82, 2.24) is 9.97 Å². The number of nitrogens with one attached hydrogen (secondary N) is 1. The highest BCUT2D eigenvalue weighted by atomic mass is 16.1. The van der Waals surface area contributed by atoms with Gasteiger partial charge in [-0.15, -0.1) is 0 Å². The molecule has 0 radical (unpaired) electrons. The fourth-order valence-electron chi connectivity index (χ4n) is 3.71. The first-order chi connectivity index (χ1) is 12.6. The second-order valence-corrected chi connectivity index (χ2v) is 6.53. The number of carbonyl (C=O) groups excluding carboxylic acids is 1. The Morgan fingerprint density at radius 3 is 2.54 bits per heavy atom. The highest BCUT2D eigenvalue weighted by Gasteiger charge is 2.22. The lowest BCUT2D eigenvalue weighted by molar-refractivity contribution is 0.1000. The number of aryl methyl sites for hydroxylation is 1. The van der Waals surface area contributed by atoms with Gasteiger partial charge in [-0.3, -0.25) is 9.78 Å². The van der Waals surface area contributed by atoms with E-state index in [1.165, 1.54) is 18.0 Å². The lowest BCUT2D eigenvalue weighted by Crippen LogP contribution is -2.12. The number of fused-ring (bicyclic) bond motifs is 3. The van der Waals surface area contributed by atoms with E-state index in [9.17, 15) is 4.79 Å². The van der Waals surface area contributed by atoms with Crippen LogP contribution in [0.3, 0.4) is 0 Å². The fraction of sp³-hybridized carbons (Fsp3) is 0.200. The monoisotopic (exact) mass is 345 g/mol. The van der Waals surface area contributed by atoms with Gasteiger partial charge >= 0.3 is 0 Å². The maximum atomic E-state index is 11.3. The number of rotatable bonds is 3. The molecule has 0 spiro atoms. The van der Waals surface area contributed by atoms with E-state index in [4.69, 9.17) is 21.9 Å². The zero-order valence-electron chi connectivity index (χ0n) is 14.2. The van der Waals surface area contributed by atoms with Crippen molar-refractivity contribution in [3.05, 3.63) is 52.7 Å². The predicted octanol–water partition coefficient (Wildman–Crippen LogP) is 2.85. The molecule has 0 bridgehead atoms. The topological polar surface area (TPSA) is 119 Å². The van der Waals surface area contributed by atoms with E-state index in [0.717, 1.165) is 59.1 Å². The van der Waals surface area contributed by atoms with Crippen molar-refractivity contribution in [2.45, 2.75) is 25.7 Å². The molecule has 3 aromatic rings. The third-order valence-corrected chi connectivity index (χ3v) is 4.98. The number of pyridine rings is 2. The third-order valence-electron chi connectivity index (χ3n) is 4.98. The van der Waals surface area contributed by atoms with Gasteiger partial charge in [0.15, 0.2) is 0 Å². The quantitative estimate of drug-likeness (QED) is 0.499. The molecule has 2 heterocycles. The number of anilines is 1. The van der Waals surface area contributed by atoms with Gasteiger partial charge in [0.2, 0.25) is 5.91 Å². The number of nitrogen functional groups attached to an aromatic ring is 1. The van der Waals surface area contributed by atoms with Crippen LogP contribution in [0, 0.1) is 5.41 Å². The number of hydrogen-bond donors (Lipinski definition) is 3. The summed E-state index contributed by atoms with van der Waals surface area (Å²) in [7, 11) is 0. The number of primary amides is 1. The first-order valence-corrected chi connectivity index (χ1v) is 8.60. The Morgan fingerprint density at radius 2 is 1.88 bits per heavy atom. The average molecular weight is 345 g/mol. The first kappa shape index (κ1) is 16.2. The van der Waals surface area contributed by atoms with E-state index < -0.39 is 5.91 Å². The highest BCUT2D eigenvalue weighted by Crippen LogP contribution is 2.36. The number of nitrogens with zero attached hydrogens (tertiary/aromatic N) is 2. The van der Waals surface area contributed by atoms with Gasteiger partial charge in [-0.25, -0.2) is 4.98 Å². The SMILES string of the molecule is N=Cc1c(N)ccc2nc(-c3ccc(C(N)=O)cn3)c3c(c12)CCCC3. The van der Waals surface area contributed by atoms with Crippen LogP contribution in [0.2, 0.25) is 0 Å². The Bertz CT molecular complexity index is 1040.